The molecule has 0 spiro atoms. The van der Waals surface area contributed by atoms with Gasteiger partial charge in [0.15, 0.2) is 0 Å². The van der Waals surface area contributed by atoms with Crippen molar-refractivity contribution < 1.29 is 4.79 Å². The summed E-state index contributed by atoms with van der Waals surface area (Å²) in [5.41, 5.74) is 4.95. The van der Waals surface area contributed by atoms with Gasteiger partial charge >= 0.3 is 0 Å². The summed E-state index contributed by atoms with van der Waals surface area (Å²) in [6, 6.07) is 12.0. The number of fused-ring (bicyclic) bond motifs is 5. The van der Waals surface area contributed by atoms with E-state index >= 15 is 0 Å². The number of anilines is 1. The van der Waals surface area contributed by atoms with Crippen molar-refractivity contribution in [1.82, 2.24) is 9.55 Å². The third kappa shape index (κ3) is 1.69. The van der Waals surface area contributed by atoms with Crippen LogP contribution in [0, 0.1) is 0 Å². The van der Waals surface area contributed by atoms with Gasteiger partial charge in [-0.3, -0.25) is 9.78 Å². The van der Waals surface area contributed by atoms with E-state index in [0.29, 0.717) is 6.42 Å². The lowest BCUT2D eigenvalue weighted by Crippen LogP contribution is -2.12. The number of aromatic nitrogens is 2. The van der Waals surface area contributed by atoms with E-state index in [1.54, 1.807) is 6.20 Å². The average molecular weight is 277 g/mol. The Morgan fingerprint density at radius 2 is 2.10 bits per heavy atom. The third-order valence-electron chi connectivity index (χ3n) is 4.04. The maximum Gasteiger partial charge on any atom is 0.228 e. The molecule has 21 heavy (non-hydrogen) atoms. The van der Waals surface area contributed by atoms with Gasteiger partial charge in [0, 0.05) is 23.6 Å². The van der Waals surface area contributed by atoms with Crippen molar-refractivity contribution in [3.8, 4) is 11.4 Å². The normalized spacial score (nSPS) is 13.5. The zero-order valence-corrected chi connectivity index (χ0v) is 11.8. The van der Waals surface area contributed by atoms with E-state index in [-0.39, 0.29) is 5.91 Å². The quantitative estimate of drug-likeness (QED) is 0.742. The van der Waals surface area contributed by atoms with Crippen LogP contribution in [0.15, 0.2) is 42.6 Å². The van der Waals surface area contributed by atoms with Crippen LogP contribution in [-0.2, 0) is 17.8 Å². The summed E-state index contributed by atoms with van der Waals surface area (Å²) in [4.78, 5) is 16.7. The molecule has 0 radical (unpaired) electrons. The summed E-state index contributed by atoms with van der Waals surface area (Å²) in [7, 11) is 0. The number of amides is 1. The van der Waals surface area contributed by atoms with Gasteiger partial charge in [0.1, 0.15) is 5.69 Å². The maximum atomic E-state index is 12.2. The average Bonchev–Trinajstić information content (AvgIpc) is 2.73. The molecule has 0 fully saturated rings. The van der Waals surface area contributed by atoms with E-state index in [1.807, 2.05) is 24.3 Å². The summed E-state index contributed by atoms with van der Waals surface area (Å²) in [5.74, 6) is 0.0157. The molecule has 104 valence electrons. The van der Waals surface area contributed by atoms with Crippen LogP contribution in [0.25, 0.3) is 22.3 Å². The Balaban J connectivity index is 2.17. The second kappa shape index (κ2) is 4.45. The van der Waals surface area contributed by atoms with E-state index < -0.39 is 0 Å². The van der Waals surface area contributed by atoms with Crippen LogP contribution < -0.4 is 5.32 Å². The molecule has 1 aromatic carbocycles. The Labute approximate surface area is 122 Å². The zero-order chi connectivity index (χ0) is 14.4. The van der Waals surface area contributed by atoms with Crippen molar-refractivity contribution in [2.45, 2.75) is 19.9 Å². The number of aryl methyl sites for hydroxylation is 1. The topological polar surface area (TPSA) is 46.9 Å². The number of hydrogen-bond donors (Lipinski definition) is 1. The Morgan fingerprint density at radius 1 is 1.24 bits per heavy atom. The van der Waals surface area contributed by atoms with Gasteiger partial charge in [-0.25, -0.2) is 0 Å². The number of nitrogens with zero attached hydrogens (tertiary/aromatic N) is 2. The summed E-state index contributed by atoms with van der Waals surface area (Å²) in [6.07, 6.45) is 2.16. The molecule has 0 saturated carbocycles. The fourth-order valence-electron chi connectivity index (χ4n) is 3.20. The molecule has 1 aliphatic rings. The summed E-state index contributed by atoms with van der Waals surface area (Å²) >= 11 is 0. The first-order valence-electron chi connectivity index (χ1n) is 7.15. The zero-order valence-electron chi connectivity index (χ0n) is 11.8. The van der Waals surface area contributed by atoms with Crippen LogP contribution in [0.3, 0.4) is 0 Å². The number of rotatable bonds is 1. The van der Waals surface area contributed by atoms with Crippen molar-refractivity contribution in [2.24, 2.45) is 0 Å². The molecule has 0 unspecified atom stereocenters. The minimum atomic E-state index is 0.0157. The molecule has 4 heteroatoms. The Bertz CT molecular complexity index is 864. The monoisotopic (exact) mass is 277 g/mol. The Kier molecular flexibility index (Phi) is 2.57. The first-order valence-corrected chi connectivity index (χ1v) is 7.15. The van der Waals surface area contributed by atoms with Crippen LogP contribution in [0.4, 0.5) is 5.69 Å². The predicted octanol–water partition coefficient (Wildman–Crippen LogP) is 3.22. The third-order valence-corrected chi connectivity index (χ3v) is 4.04. The minimum Gasteiger partial charge on any atom is -0.339 e. The van der Waals surface area contributed by atoms with Crippen molar-refractivity contribution >= 4 is 22.5 Å². The fourth-order valence-corrected chi connectivity index (χ4v) is 3.20. The molecule has 0 saturated heterocycles. The molecule has 0 atom stereocenters. The summed E-state index contributed by atoms with van der Waals surface area (Å²) < 4.78 is 2.25. The Morgan fingerprint density at radius 3 is 2.95 bits per heavy atom. The number of nitrogens with one attached hydrogen (secondary N) is 1. The number of para-hydroxylation sites is 1. The molecule has 3 heterocycles. The van der Waals surface area contributed by atoms with Gasteiger partial charge in [-0.15, -0.1) is 0 Å². The van der Waals surface area contributed by atoms with Gasteiger partial charge in [-0.1, -0.05) is 18.2 Å². The van der Waals surface area contributed by atoms with E-state index in [0.717, 1.165) is 40.1 Å². The van der Waals surface area contributed by atoms with E-state index in [2.05, 4.69) is 33.9 Å². The maximum absolute atomic E-state index is 12.2. The Hall–Kier alpha value is -2.62. The number of carbonyl (C=O) groups excluding carboxylic acids is 1. The van der Waals surface area contributed by atoms with E-state index in [9.17, 15) is 4.79 Å². The highest BCUT2D eigenvalue weighted by molar-refractivity contribution is 6.04. The first-order chi connectivity index (χ1) is 10.3. The standard InChI is InChI=1S/C17H15N3O/c1-2-20-14-8-4-3-6-11(14)12-10-15(21)19-13-7-5-9-18-16(13)17(12)20/h3-9H,2,10H2,1H3,(H,19,21). The van der Waals surface area contributed by atoms with E-state index in [1.165, 1.54) is 0 Å². The fraction of sp³-hybridized carbons (Fsp3) is 0.176. The van der Waals surface area contributed by atoms with Gasteiger partial charge < -0.3 is 9.88 Å². The van der Waals surface area contributed by atoms with Gasteiger partial charge in [0.05, 0.1) is 17.8 Å². The molecular weight excluding hydrogens is 262 g/mol. The van der Waals surface area contributed by atoms with Crippen molar-refractivity contribution in [1.29, 1.82) is 0 Å². The highest BCUT2D eigenvalue weighted by Gasteiger charge is 2.25. The number of hydrogen-bond acceptors (Lipinski definition) is 2. The van der Waals surface area contributed by atoms with Gasteiger partial charge in [0.25, 0.3) is 0 Å². The number of pyridine rings is 1. The van der Waals surface area contributed by atoms with Gasteiger partial charge in [-0.05, 0) is 30.7 Å². The molecule has 3 aromatic rings. The lowest BCUT2D eigenvalue weighted by Gasteiger charge is -2.10. The molecule has 0 bridgehead atoms. The lowest BCUT2D eigenvalue weighted by atomic mass is 10.1. The molecule has 4 nitrogen and oxygen atoms in total. The van der Waals surface area contributed by atoms with Crippen LogP contribution >= 0.6 is 0 Å². The number of benzene rings is 1. The molecule has 2 aromatic heterocycles. The second-order valence-corrected chi connectivity index (χ2v) is 5.21. The SMILES string of the molecule is CCn1c2c(c3ccccc31)CC(=O)Nc1cccnc1-2. The van der Waals surface area contributed by atoms with Crippen molar-refractivity contribution in [2.75, 3.05) is 5.32 Å². The van der Waals surface area contributed by atoms with Crippen LogP contribution in [0.2, 0.25) is 0 Å². The minimum absolute atomic E-state index is 0.0157. The number of carbonyl (C=O) groups is 1. The highest BCUT2D eigenvalue weighted by atomic mass is 16.1. The van der Waals surface area contributed by atoms with Crippen molar-refractivity contribution in [3.63, 3.8) is 0 Å². The summed E-state index contributed by atoms with van der Waals surface area (Å²) in [5, 5.41) is 4.10. The molecule has 0 aliphatic carbocycles. The lowest BCUT2D eigenvalue weighted by molar-refractivity contribution is -0.115. The predicted molar refractivity (Wildman–Crippen MR) is 83.2 cm³/mol. The molecular formula is C17H15N3O. The molecule has 1 aliphatic heterocycles. The molecule has 1 amide bonds. The molecule has 1 N–H and O–H groups in total. The van der Waals surface area contributed by atoms with Crippen LogP contribution in [-0.4, -0.2) is 15.5 Å². The van der Waals surface area contributed by atoms with Crippen molar-refractivity contribution in [3.05, 3.63) is 48.2 Å². The second-order valence-electron chi connectivity index (χ2n) is 5.21. The van der Waals surface area contributed by atoms with Gasteiger partial charge in [-0.2, -0.15) is 0 Å². The summed E-state index contributed by atoms with van der Waals surface area (Å²) in [6.45, 7) is 2.97. The van der Waals surface area contributed by atoms with Gasteiger partial charge in [0.2, 0.25) is 5.91 Å². The largest absolute Gasteiger partial charge is 0.339 e. The first kappa shape index (κ1) is 12.1. The van der Waals surface area contributed by atoms with E-state index in [4.69, 9.17) is 0 Å². The van der Waals surface area contributed by atoms with Crippen LogP contribution in [0.1, 0.15) is 12.5 Å². The van der Waals surface area contributed by atoms with Crippen LogP contribution in [0.5, 0.6) is 0 Å². The highest BCUT2D eigenvalue weighted by Crippen LogP contribution is 2.38. The molecule has 4 rings (SSSR count). The smallest absolute Gasteiger partial charge is 0.228 e.